The molecule has 1 aromatic carbocycles. The Morgan fingerprint density at radius 1 is 1.26 bits per heavy atom. The minimum atomic E-state index is -5.08. The van der Waals surface area contributed by atoms with Crippen molar-refractivity contribution in [1.82, 2.24) is 24.8 Å². The Balaban J connectivity index is 0.000000509. The predicted octanol–water partition coefficient (Wildman–Crippen LogP) is 3.88. The normalized spacial score (nSPS) is 14.5. The van der Waals surface area contributed by atoms with Gasteiger partial charge in [-0.15, -0.1) is 5.10 Å². The maximum Gasteiger partial charge on any atom is 0.490 e. The summed E-state index contributed by atoms with van der Waals surface area (Å²) >= 11 is 5.97. The number of nitrogens with zero attached hydrogens (tertiary/aromatic N) is 5. The minimum Gasteiger partial charge on any atom is -0.475 e. The Hall–Kier alpha value is -2.86. The second kappa shape index (κ2) is 12.0. The number of amides is 2. The summed E-state index contributed by atoms with van der Waals surface area (Å²) in [7, 11) is 4.04. The molecule has 2 N–H and O–H groups in total. The number of rotatable bonds is 5. The van der Waals surface area contributed by atoms with Crippen molar-refractivity contribution >= 4 is 29.3 Å². The number of nitrogens with one attached hydrogen (secondary N) is 1. The minimum absolute atomic E-state index is 0.0482. The van der Waals surface area contributed by atoms with Crippen molar-refractivity contribution in [2.75, 3.05) is 32.5 Å². The first-order valence-corrected chi connectivity index (χ1v) is 10.9. The van der Waals surface area contributed by atoms with Crippen LogP contribution in [0.2, 0.25) is 5.02 Å². The highest BCUT2D eigenvalue weighted by molar-refractivity contribution is 6.30. The topological polar surface area (TPSA) is 104 Å². The van der Waals surface area contributed by atoms with Gasteiger partial charge in [-0.2, -0.15) is 13.2 Å². The van der Waals surface area contributed by atoms with E-state index in [9.17, 15) is 18.0 Å². The Morgan fingerprint density at radius 3 is 2.41 bits per heavy atom. The average Bonchev–Trinajstić information content (AvgIpc) is 3.16. The van der Waals surface area contributed by atoms with Crippen molar-refractivity contribution < 1.29 is 27.9 Å². The van der Waals surface area contributed by atoms with E-state index in [1.807, 2.05) is 48.9 Å². The lowest BCUT2D eigenvalue weighted by atomic mass is 9.97. The third-order valence-corrected chi connectivity index (χ3v) is 5.32. The zero-order valence-corrected chi connectivity index (χ0v) is 19.9. The number of piperidine rings is 1. The lowest BCUT2D eigenvalue weighted by Crippen LogP contribution is -2.41. The third-order valence-electron chi connectivity index (χ3n) is 5.08. The number of aromatic nitrogens is 3. The van der Waals surface area contributed by atoms with E-state index in [1.54, 1.807) is 6.07 Å². The first-order chi connectivity index (χ1) is 15.8. The summed E-state index contributed by atoms with van der Waals surface area (Å²) in [4.78, 5) is 25.4. The Labute approximate surface area is 200 Å². The summed E-state index contributed by atoms with van der Waals surface area (Å²) in [5, 5.41) is 19.2. The number of alkyl halides is 3. The van der Waals surface area contributed by atoms with Gasteiger partial charge in [0.1, 0.15) is 0 Å². The van der Waals surface area contributed by atoms with Gasteiger partial charge in [0.05, 0.1) is 5.69 Å². The Morgan fingerprint density at radius 2 is 1.88 bits per heavy atom. The molecule has 1 aliphatic rings. The fourth-order valence-electron chi connectivity index (χ4n) is 3.37. The summed E-state index contributed by atoms with van der Waals surface area (Å²) in [5.74, 6) is -2.24. The molecular weight excluding hydrogens is 477 g/mol. The highest BCUT2D eigenvalue weighted by Gasteiger charge is 2.38. The van der Waals surface area contributed by atoms with Crippen molar-refractivity contribution in [2.45, 2.75) is 39.0 Å². The molecule has 9 nitrogen and oxygen atoms in total. The van der Waals surface area contributed by atoms with E-state index in [4.69, 9.17) is 21.5 Å². The highest BCUT2D eigenvalue weighted by atomic mass is 35.5. The van der Waals surface area contributed by atoms with Gasteiger partial charge in [0.15, 0.2) is 0 Å². The molecule has 3 rings (SSSR count). The third kappa shape index (κ3) is 8.82. The largest absolute Gasteiger partial charge is 0.490 e. The van der Waals surface area contributed by atoms with E-state index in [2.05, 4.69) is 20.5 Å². The lowest BCUT2D eigenvalue weighted by Gasteiger charge is -2.32. The molecule has 34 heavy (non-hydrogen) atoms. The molecule has 188 valence electrons. The van der Waals surface area contributed by atoms with Crippen LogP contribution < -0.4 is 5.32 Å². The molecule has 0 radical (unpaired) electrons. The van der Waals surface area contributed by atoms with Gasteiger partial charge in [-0.25, -0.2) is 9.59 Å². The average molecular weight is 505 g/mol. The molecule has 2 amide bonds. The van der Waals surface area contributed by atoms with Gasteiger partial charge < -0.3 is 20.2 Å². The SMILES string of the molecule is Cc1cc(Cl)ccc1NC(=O)N1CCC(Cn2cc(CN(C)C)nn2)CC1.O=C(O)C(F)(F)F. The molecule has 2 aromatic rings. The number of aryl methyl sites for hydroxylation is 1. The predicted molar refractivity (Wildman–Crippen MR) is 121 cm³/mol. The molecule has 1 aromatic heterocycles. The van der Waals surface area contributed by atoms with E-state index >= 15 is 0 Å². The number of likely N-dealkylation sites (tertiary alicyclic amines) is 1. The van der Waals surface area contributed by atoms with Crippen LogP contribution in [0.3, 0.4) is 0 Å². The summed E-state index contributed by atoms with van der Waals surface area (Å²) in [6, 6.07) is 5.44. The Bertz CT molecular complexity index is 975. The molecule has 1 fully saturated rings. The maximum absolute atomic E-state index is 12.5. The van der Waals surface area contributed by atoms with E-state index in [-0.39, 0.29) is 6.03 Å². The van der Waals surface area contributed by atoms with Gasteiger partial charge in [-0.05, 0) is 63.5 Å². The number of aliphatic carboxylic acids is 1. The smallest absolute Gasteiger partial charge is 0.475 e. The summed E-state index contributed by atoms with van der Waals surface area (Å²) in [6.07, 6.45) is -1.13. The molecule has 0 atom stereocenters. The second-order valence-electron chi connectivity index (χ2n) is 8.29. The van der Waals surface area contributed by atoms with Crippen LogP contribution in [-0.2, 0) is 17.9 Å². The number of benzene rings is 1. The number of anilines is 1. The van der Waals surface area contributed by atoms with Gasteiger partial charge >= 0.3 is 18.2 Å². The zero-order chi connectivity index (χ0) is 25.5. The molecular formula is C21H28ClF3N6O3. The molecule has 0 aliphatic carbocycles. The first-order valence-electron chi connectivity index (χ1n) is 10.5. The number of urea groups is 1. The summed E-state index contributed by atoms with van der Waals surface area (Å²) < 4.78 is 33.7. The van der Waals surface area contributed by atoms with Crippen LogP contribution in [0.5, 0.6) is 0 Å². The summed E-state index contributed by atoms with van der Waals surface area (Å²) in [5.41, 5.74) is 2.75. The van der Waals surface area contributed by atoms with Gasteiger partial charge in [0.2, 0.25) is 0 Å². The first kappa shape index (κ1) is 27.4. The van der Waals surface area contributed by atoms with Gasteiger partial charge in [-0.1, -0.05) is 16.8 Å². The molecule has 13 heteroatoms. The number of carboxylic acids is 1. The van der Waals surface area contributed by atoms with Crippen LogP contribution >= 0.6 is 11.6 Å². The van der Waals surface area contributed by atoms with Crippen LogP contribution in [0.15, 0.2) is 24.4 Å². The van der Waals surface area contributed by atoms with Crippen LogP contribution in [0.4, 0.5) is 23.7 Å². The maximum atomic E-state index is 12.5. The van der Waals surface area contributed by atoms with Crippen molar-refractivity contribution in [2.24, 2.45) is 5.92 Å². The van der Waals surface area contributed by atoms with Crippen molar-refractivity contribution in [3.8, 4) is 0 Å². The van der Waals surface area contributed by atoms with Crippen LogP contribution in [0.1, 0.15) is 24.1 Å². The Kier molecular flexibility index (Phi) is 9.68. The fourth-order valence-corrected chi connectivity index (χ4v) is 3.60. The van der Waals surface area contributed by atoms with Crippen molar-refractivity contribution in [1.29, 1.82) is 0 Å². The number of carbonyl (C=O) groups excluding carboxylic acids is 1. The number of hydrogen-bond donors (Lipinski definition) is 2. The fraction of sp³-hybridized carbons (Fsp3) is 0.524. The zero-order valence-electron chi connectivity index (χ0n) is 19.1. The van der Waals surface area contributed by atoms with Crippen molar-refractivity contribution in [3.63, 3.8) is 0 Å². The van der Waals surface area contributed by atoms with Crippen LogP contribution in [0.25, 0.3) is 0 Å². The van der Waals surface area contributed by atoms with Gasteiger partial charge in [0, 0.05) is 43.1 Å². The molecule has 0 bridgehead atoms. The second-order valence-corrected chi connectivity index (χ2v) is 8.73. The van der Waals surface area contributed by atoms with Crippen LogP contribution in [0, 0.1) is 12.8 Å². The quantitative estimate of drug-likeness (QED) is 0.640. The summed E-state index contributed by atoms with van der Waals surface area (Å²) in [6.45, 7) is 5.09. The molecule has 1 aliphatic heterocycles. The molecule has 0 unspecified atom stereocenters. The monoisotopic (exact) mass is 504 g/mol. The molecule has 1 saturated heterocycles. The van der Waals surface area contributed by atoms with Gasteiger partial charge in [0.25, 0.3) is 0 Å². The van der Waals surface area contributed by atoms with E-state index in [1.165, 1.54) is 0 Å². The van der Waals surface area contributed by atoms with E-state index in [0.29, 0.717) is 10.9 Å². The standard InChI is InChI=1S/C19H27ClN6O.C2HF3O2/c1-14-10-16(20)4-5-18(14)21-19(27)25-8-6-15(7-9-25)11-26-13-17(22-23-26)12-24(2)3;3-2(4,5)1(6)7/h4-5,10,13,15H,6-9,11-12H2,1-3H3,(H,21,27);(H,6,7). The lowest BCUT2D eigenvalue weighted by molar-refractivity contribution is -0.192. The molecule has 2 heterocycles. The number of carboxylic acid groups (broad SMARTS) is 1. The number of halogens is 4. The highest BCUT2D eigenvalue weighted by Crippen LogP contribution is 2.22. The van der Waals surface area contributed by atoms with E-state index < -0.39 is 12.1 Å². The molecule has 0 saturated carbocycles. The van der Waals surface area contributed by atoms with Gasteiger partial charge in [-0.3, -0.25) is 4.68 Å². The van der Waals surface area contributed by atoms with E-state index in [0.717, 1.165) is 56.0 Å². The molecule has 0 spiro atoms. The number of carbonyl (C=O) groups is 2. The van der Waals surface area contributed by atoms with Crippen LogP contribution in [-0.4, -0.2) is 75.3 Å². The van der Waals surface area contributed by atoms with Crippen molar-refractivity contribution in [3.05, 3.63) is 40.7 Å². The number of hydrogen-bond acceptors (Lipinski definition) is 5.